The van der Waals surface area contributed by atoms with Crippen molar-refractivity contribution in [3.63, 3.8) is 0 Å². The Morgan fingerprint density at radius 2 is 1.72 bits per heavy atom. The van der Waals surface area contributed by atoms with Crippen LogP contribution in [-0.4, -0.2) is 16.0 Å². The number of carbonyl (C=O) groups excluding carboxylic acids is 1. The number of hydrogen-bond acceptors (Lipinski definition) is 3. The normalized spacial score (nSPS) is 15.5. The highest BCUT2D eigenvalue weighted by Crippen LogP contribution is 2.33. The standard InChI is InChI=1S/C14H19NOS2/c1-14(2,3)18-12-8-6-11(7-9-12)17-13(16)15-10-4-5-10/h6-10H,4-5H2,1-3H3,(H,15,16). The van der Waals surface area contributed by atoms with Crippen LogP contribution in [0.2, 0.25) is 0 Å². The van der Waals surface area contributed by atoms with Gasteiger partial charge in [-0.15, -0.1) is 11.8 Å². The topological polar surface area (TPSA) is 29.1 Å². The molecule has 0 radical (unpaired) electrons. The number of rotatable bonds is 3. The molecule has 1 N–H and O–H groups in total. The molecule has 1 saturated carbocycles. The SMILES string of the molecule is CC(C)(C)Sc1ccc(SC(=O)NC2CC2)cc1. The first-order valence-corrected chi connectivity index (χ1v) is 7.83. The molecule has 0 unspecified atom stereocenters. The van der Waals surface area contributed by atoms with Gasteiger partial charge in [0.1, 0.15) is 0 Å². The van der Waals surface area contributed by atoms with Gasteiger partial charge in [0.2, 0.25) is 0 Å². The minimum Gasteiger partial charge on any atom is -0.344 e. The molecule has 1 aromatic rings. The van der Waals surface area contributed by atoms with Gasteiger partial charge in [-0.1, -0.05) is 20.8 Å². The molecular weight excluding hydrogens is 262 g/mol. The molecule has 1 aliphatic rings. The summed E-state index contributed by atoms with van der Waals surface area (Å²) in [5.74, 6) is 0. The summed E-state index contributed by atoms with van der Waals surface area (Å²) < 4.78 is 0.220. The van der Waals surface area contributed by atoms with E-state index in [1.807, 2.05) is 23.9 Å². The molecule has 1 fully saturated rings. The molecule has 1 aliphatic carbocycles. The first kappa shape index (κ1) is 13.8. The van der Waals surface area contributed by atoms with Crippen LogP contribution < -0.4 is 5.32 Å². The van der Waals surface area contributed by atoms with Crippen molar-refractivity contribution >= 4 is 28.8 Å². The average Bonchev–Trinajstić information content (AvgIpc) is 3.02. The summed E-state index contributed by atoms with van der Waals surface area (Å²) >= 11 is 3.12. The van der Waals surface area contributed by atoms with Crippen LogP contribution >= 0.6 is 23.5 Å². The minimum atomic E-state index is 0.0636. The molecular formula is C14H19NOS2. The number of benzene rings is 1. The lowest BCUT2D eigenvalue weighted by Crippen LogP contribution is -2.20. The number of carbonyl (C=O) groups is 1. The van der Waals surface area contributed by atoms with E-state index >= 15 is 0 Å². The Balaban J connectivity index is 1.88. The molecule has 1 aromatic carbocycles. The molecule has 1 amide bonds. The Labute approximate surface area is 117 Å². The largest absolute Gasteiger partial charge is 0.344 e. The molecule has 0 spiro atoms. The first-order chi connectivity index (χ1) is 8.42. The van der Waals surface area contributed by atoms with Crippen LogP contribution in [0.1, 0.15) is 33.6 Å². The van der Waals surface area contributed by atoms with E-state index in [0.29, 0.717) is 6.04 Å². The van der Waals surface area contributed by atoms with E-state index in [1.165, 1.54) is 16.7 Å². The smallest absolute Gasteiger partial charge is 0.284 e. The molecule has 0 aliphatic heterocycles. The fourth-order valence-corrected chi connectivity index (χ4v) is 3.15. The lowest BCUT2D eigenvalue weighted by atomic mass is 10.3. The number of amides is 1. The zero-order chi connectivity index (χ0) is 13.2. The monoisotopic (exact) mass is 281 g/mol. The van der Waals surface area contributed by atoms with Gasteiger partial charge in [-0.25, -0.2) is 0 Å². The van der Waals surface area contributed by atoms with Crippen molar-refractivity contribution in [1.82, 2.24) is 5.32 Å². The maximum Gasteiger partial charge on any atom is 0.284 e. The van der Waals surface area contributed by atoms with Crippen molar-refractivity contribution in [2.24, 2.45) is 0 Å². The molecule has 4 heteroatoms. The second kappa shape index (κ2) is 5.57. The number of hydrogen-bond donors (Lipinski definition) is 1. The fraction of sp³-hybridized carbons (Fsp3) is 0.500. The predicted octanol–water partition coefficient (Wildman–Crippen LogP) is 4.54. The Morgan fingerprint density at radius 1 is 1.17 bits per heavy atom. The van der Waals surface area contributed by atoms with Gasteiger partial charge in [0.15, 0.2) is 0 Å². The van der Waals surface area contributed by atoms with Crippen molar-refractivity contribution in [1.29, 1.82) is 0 Å². The van der Waals surface area contributed by atoms with E-state index < -0.39 is 0 Å². The summed E-state index contributed by atoms with van der Waals surface area (Å²) in [6.45, 7) is 6.59. The third-order valence-electron chi connectivity index (χ3n) is 2.36. The van der Waals surface area contributed by atoms with Crippen LogP contribution in [0.3, 0.4) is 0 Å². The van der Waals surface area contributed by atoms with Gasteiger partial charge >= 0.3 is 0 Å². The van der Waals surface area contributed by atoms with Gasteiger partial charge in [-0.3, -0.25) is 4.79 Å². The number of thioether (sulfide) groups is 2. The van der Waals surface area contributed by atoms with Crippen LogP contribution in [0.25, 0.3) is 0 Å². The van der Waals surface area contributed by atoms with E-state index in [-0.39, 0.29) is 9.99 Å². The minimum absolute atomic E-state index is 0.0636. The lowest BCUT2D eigenvalue weighted by molar-refractivity contribution is 0.260. The average molecular weight is 281 g/mol. The second-order valence-corrected chi connectivity index (χ2v) is 8.44. The van der Waals surface area contributed by atoms with Crippen LogP contribution in [0.4, 0.5) is 4.79 Å². The predicted molar refractivity (Wildman–Crippen MR) is 79.5 cm³/mol. The molecule has 18 heavy (non-hydrogen) atoms. The zero-order valence-corrected chi connectivity index (χ0v) is 12.7. The Bertz CT molecular complexity index is 418. The second-order valence-electron chi connectivity index (χ2n) is 5.49. The van der Waals surface area contributed by atoms with Gasteiger partial charge in [0.05, 0.1) is 0 Å². The van der Waals surface area contributed by atoms with E-state index in [0.717, 1.165) is 17.7 Å². The van der Waals surface area contributed by atoms with Crippen molar-refractivity contribution in [3.8, 4) is 0 Å². The summed E-state index contributed by atoms with van der Waals surface area (Å²) in [5.41, 5.74) is 0. The quantitative estimate of drug-likeness (QED) is 0.825. The van der Waals surface area contributed by atoms with Gasteiger partial charge in [-0.2, -0.15) is 0 Å². The van der Waals surface area contributed by atoms with Crippen LogP contribution in [-0.2, 0) is 0 Å². The zero-order valence-electron chi connectivity index (χ0n) is 11.0. The summed E-state index contributed by atoms with van der Waals surface area (Å²) in [7, 11) is 0. The molecule has 2 nitrogen and oxygen atoms in total. The van der Waals surface area contributed by atoms with Gasteiger partial charge < -0.3 is 5.32 Å². The molecule has 98 valence electrons. The lowest BCUT2D eigenvalue weighted by Gasteiger charge is -2.17. The number of nitrogens with one attached hydrogen (secondary N) is 1. The van der Waals surface area contributed by atoms with Crippen molar-refractivity contribution in [3.05, 3.63) is 24.3 Å². The molecule has 0 bridgehead atoms. The summed E-state index contributed by atoms with van der Waals surface area (Å²) in [4.78, 5) is 13.9. The Kier molecular flexibility index (Phi) is 4.28. The van der Waals surface area contributed by atoms with Crippen molar-refractivity contribution in [2.45, 2.75) is 54.2 Å². The van der Waals surface area contributed by atoms with Crippen molar-refractivity contribution < 1.29 is 4.79 Å². The van der Waals surface area contributed by atoms with Crippen LogP contribution in [0.5, 0.6) is 0 Å². The Hall–Kier alpha value is -0.610. The Morgan fingerprint density at radius 3 is 2.22 bits per heavy atom. The molecule has 0 saturated heterocycles. The van der Waals surface area contributed by atoms with E-state index in [4.69, 9.17) is 0 Å². The summed E-state index contributed by atoms with van der Waals surface area (Å²) in [5, 5.41) is 3.04. The highest BCUT2D eigenvalue weighted by Gasteiger charge is 2.23. The first-order valence-electron chi connectivity index (χ1n) is 6.20. The van der Waals surface area contributed by atoms with Gasteiger partial charge in [0, 0.05) is 20.6 Å². The van der Waals surface area contributed by atoms with Gasteiger partial charge in [-0.05, 0) is 48.9 Å². The van der Waals surface area contributed by atoms with Crippen molar-refractivity contribution in [2.75, 3.05) is 0 Å². The highest BCUT2D eigenvalue weighted by atomic mass is 32.2. The molecule has 0 aromatic heterocycles. The third-order valence-corrected chi connectivity index (χ3v) is 4.29. The van der Waals surface area contributed by atoms with Crippen LogP contribution in [0, 0.1) is 0 Å². The molecule has 0 atom stereocenters. The maximum absolute atomic E-state index is 11.6. The third kappa shape index (κ3) is 4.94. The van der Waals surface area contributed by atoms with E-state index in [9.17, 15) is 4.79 Å². The summed E-state index contributed by atoms with van der Waals surface area (Å²) in [6.07, 6.45) is 2.26. The maximum atomic E-state index is 11.6. The fourth-order valence-electron chi connectivity index (χ4n) is 1.46. The molecule has 2 rings (SSSR count). The highest BCUT2D eigenvalue weighted by molar-refractivity contribution is 8.13. The van der Waals surface area contributed by atoms with Gasteiger partial charge in [0.25, 0.3) is 5.24 Å². The van der Waals surface area contributed by atoms with Crippen LogP contribution in [0.15, 0.2) is 34.1 Å². The molecule has 0 heterocycles. The van der Waals surface area contributed by atoms with E-state index in [1.54, 1.807) is 0 Å². The van der Waals surface area contributed by atoms with E-state index in [2.05, 4.69) is 38.2 Å². The summed E-state index contributed by atoms with van der Waals surface area (Å²) in [6, 6.07) is 8.64.